The van der Waals surface area contributed by atoms with Crippen LogP contribution in [0, 0.1) is 0 Å². The van der Waals surface area contributed by atoms with Gasteiger partial charge in [0, 0.05) is 45.3 Å². The van der Waals surface area contributed by atoms with Gasteiger partial charge in [-0.15, -0.1) is 0 Å². The lowest BCUT2D eigenvalue weighted by Crippen LogP contribution is -2.41. The van der Waals surface area contributed by atoms with Gasteiger partial charge in [-0.05, 0) is 32.6 Å². The van der Waals surface area contributed by atoms with E-state index >= 15 is 0 Å². The lowest BCUT2D eigenvalue weighted by atomic mass is 10.2. The average Bonchev–Trinajstić information content (AvgIpc) is 3.27. The molecule has 2 saturated heterocycles. The van der Waals surface area contributed by atoms with Gasteiger partial charge < -0.3 is 25.4 Å². The van der Waals surface area contributed by atoms with Crippen LogP contribution in [0.15, 0.2) is 4.99 Å². The molecule has 3 N–H and O–H groups in total. The first kappa shape index (κ1) is 22.9. The topological polar surface area (TPSA) is 118 Å². The smallest absolute Gasteiger partial charge is 0.222 e. The molecule has 1 amide bonds. The van der Waals surface area contributed by atoms with Gasteiger partial charge in [-0.3, -0.25) is 9.79 Å². The summed E-state index contributed by atoms with van der Waals surface area (Å²) in [5.41, 5.74) is 0. The molecule has 2 unspecified atom stereocenters. The molecule has 0 spiro atoms. The first-order valence-corrected chi connectivity index (χ1v) is 12.0. The highest BCUT2D eigenvalue weighted by atomic mass is 32.2. The third-order valence-corrected chi connectivity index (χ3v) is 6.40. The SMILES string of the molecule is CCNC(=NCCCOCC1CCCO1)NCCC(=O)NC1CCS(=O)(=O)C1. The molecule has 2 atom stereocenters. The zero-order valence-corrected chi connectivity index (χ0v) is 17.6. The Morgan fingerprint density at radius 2 is 2.14 bits per heavy atom. The van der Waals surface area contributed by atoms with E-state index in [0.717, 1.165) is 32.4 Å². The summed E-state index contributed by atoms with van der Waals surface area (Å²) in [4.78, 5) is 16.4. The van der Waals surface area contributed by atoms with Crippen molar-refractivity contribution < 1.29 is 22.7 Å². The molecule has 0 radical (unpaired) electrons. The van der Waals surface area contributed by atoms with E-state index in [2.05, 4.69) is 20.9 Å². The van der Waals surface area contributed by atoms with Crippen molar-refractivity contribution >= 4 is 21.7 Å². The summed E-state index contributed by atoms with van der Waals surface area (Å²) in [7, 11) is -2.98. The van der Waals surface area contributed by atoms with E-state index in [1.807, 2.05) is 6.92 Å². The molecule has 2 aliphatic rings. The normalized spacial score (nSPS) is 24.2. The Morgan fingerprint density at radius 3 is 2.82 bits per heavy atom. The molecule has 0 aromatic carbocycles. The lowest BCUT2D eigenvalue weighted by Gasteiger charge is -2.13. The Morgan fingerprint density at radius 1 is 1.29 bits per heavy atom. The predicted octanol–water partition coefficient (Wildman–Crippen LogP) is -0.179. The number of hydrogen-bond acceptors (Lipinski definition) is 6. The molecule has 0 aliphatic carbocycles. The summed E-state index contributed by atoms with van der Waals surface area (Å²) in [6.45, 7) is 5.92. The Kier molecular flexibility index (Phi) is 10.0. The Balaban J connectivity index is 1.56. The molecule has 28 heavy (non-hydrogen) atoms. The van der Waals surface area contributed by atoms with Crippen LogP contribution in [0.25, 0.3) is 0 Å². The van der Waals surface area contributed by atoms with E-state index in [1.54, 1.807) is 0 Å². The number of guanidine groups is 1. The van der Waals surface area contributed by atoms with Crippen molar-refractivity contribution in [3.8, 4) is 0 Å². The van der Waals surface area contributed by atoms with Gasteiger partial charge in [-0.1, -0.05) is 0 Å². The molecule has 2 rings (SSSR count). The highest BCUT2D eigenvalue weighted by Gasteiger charge is 2.28. The number of nitrogens with one attached hydrogen (secondary N) is 3. The molecule has 0 aromatic rings. The Hall–Kier alpha value is -1.39. The Bertz CT molecular complexity index is 605. The number of aliphatic imine (C=N–C) groups is 1. The third kappa shape index (κ3) is 9.20. The average molecular weight is 419 g/mol. The van der Waals surface area contributed by atoms with Crippen LogP contribution in [-0.2, 0) is 24.1 Å². The van der Waals surface area contributed by atoms with Gasteiger partial charge in [0.2, 0.25) is 5.91 Å². The molecular formula is C18H34N4O5S. The third-order valence-electron chi connectivity index (χ3n) is 4.63. The number of carbonyl (C=O) groups excluding carboxylic acids is 1. The molecule has 10 heteroatoms. The van der Waals surface area contributed by atoms with Crippen molar-refractivity contribution in [3.05, 3.63) is 0 Å². The van der Waals surface area contributed by atoms with E-state index in [0.29, 0.717) is 38.7 Å². The van der Waals surface area contributed by atoms with Crippen LogP contribution in [-0.4, -0.2) is 83.4 Å². The van der Waals surface area contributed by atoms with Crippen molar-refractivity contribution in [1.82, 2.24) is 16.0 Å². The molecule has 2 heterocycles. The quantitative estimate of drug-likeness (QED) is 0.242. The monoisotopic (exact) mass is 418 g/mol. The van der Waals surface area contributed by atoms with Crippen LogP contribution in [0.1, 0.15) is 39.0 Å². The van der Waals surface area contributed by atoms with Crippen molar-refractivity contribution in [1.29, 1.82) is 0 Å². The maximum Gasteiger partial charge on any atom is 0.222 e. The number of rotatable bonds is 11. The van der Waals surface area contributed by atoms with Gasteiger partial charge in [0.15, 0.2) is 15.8 Å². The highest BCUT2D eigenvalue weighted by molar-refractivity contribution is 7.91. The second kappa shape index (κ2) is 12.2. The summed E-state index contributed by atoms with van der Waals surface area (Å²) in [6.07, 6.45) is 4.04. The van der Waals surface area contributed by atoms with E-state index in [-0.39, 0.29) is 36.0 Å². The summed E-state index contributed by atoms with van der Waals surface area (Å²) < 4.78 is 34.0. The van der Waals surface area contributed by atoms with Crippen LogP contribution in [0.2, 0.25) is 0 Å². The van der Waals surface area contributed by atoms with E-state index in [9.17, 15) is 13.2 Å². The van der Waals surface area contributed by atoms with Gasteiger partial charge in [0.25, 0.3) is 0 Å². The molecule has 2 fully saturated rings. The fourth-order valence-electron chi connectivity index (χ4n) is 3.19. The zero-order valence-electron chi connectivity index (χ0n) is 16.7. The zero-order chi connectivity index (χ0) is 20.2. The van der Waals surface area contributed by atoms with E-state index in [1.165, 1.54) is 0 Å². The number of sulfone groups is 1. The van der Waals surface area contributed by atoms with Crippen LogP contribution >= 0.6 is 0 Å². The fraction of sp³-hybridized carbons (Fsp3) is 0.889. The summed E-state index contributed by atoms with van der Waals surface area (Å²) in [5, 5.41) is 9.05. The van der Waals surface area contributed by atoms with Crippen molar-refractivity contribution in [2.24, 2.45) is 4.99 Å². The predicted molar refractivity (Wildman–Crippen MR) is 108 cm³/mol. The minimum absolute atomic E-state index is 0.0468. The number of nitrogens with zero attached hydrogens (tertiary/aromatic N) is 1. The first-order chi connectivity index (χ1) is 13.5. The lowest BCUT2D eigenvalue weighted by molar-refractivity contribution is -0.121. The summed E-state index contributed by atoms with van der Waals surface area (Å²) in [6, 6.07) is -0.256. The van der Waals surface area contributed by atoms with Gasteiger partial charge in [-0.2, -0.15) is 0 Å². The van der Waals surface area contributed by atoms with Crippen molar-refractivity contribution in [3.63, 3.8) is 0 Å². The van der Waals surface area contributed by atoms with Crippen LogP contribution in [0.3, 0.4) is 0 Å². The molecular weight excluding hydrogens is 384 g/mol. The molecule has 0 bridgehead atoms. The van der Waals surface area contributed by atoms with Crippen LogP contribution in [0.5, 0.6) is 0 Å². The second-order valence-corrected chi connectivity index (χ2v) is 9.40. The molecule has 0 saturated carbocycles. The van der Waals surface area contributed by atoms with Crippen molar-refractivity contribution in [2.45, 2.75) is 51.2 Å². The first-order valence-electron chi connectivity index (χ1n) is 10.2. The van der Waals surface area contributed by atoms with Crippen molar-refractivity contribution in [2.75, 3.05) is 51.0 Å². The maximum absolute atomic E-state index is 12.0. The number of carbonyl (C=O) groups is 1. The van der Waals surface area contributed by atoms with Gasteiger partial charge in [0.1, 0.15) is 0 Å². The molecule has 2 aliphatic heterocycles. The van der Waals surface area contributed by atoms with Crippen LogP contribution in [0.4, 0.5) is 0 Å². The van der Waals surface area contributed by atoms with Gasteiger partial charge >= 0.3 is 0 Å². The fourth-order valence-corrected chi connectivity index (χ4v) is 4.87. The maximum atomic E-state index is 12.0. The van der Waals surface area contributed by atoms with Gasteiger partial charge in [-0.25, -0.2) is 8.42 Å². The van der Waals surface area contributed by atoms with E-state index in [4.69, 9.17) is 9.47 Å². The molecule has 162 valence electrons. The second-order valence-electron chi connectivity index (χ2n) is 7.17. The largest absolute Gasteiger partial charge is 0.379 e. The number of amides is 1. The molecule has 0 aromatic heterocycles. The minimum Gasteiger partial charge on any atom is -0.379 e. The van der Waals surface area contributed by atoms with Gasteiger partial charge in [0.05, 0.1) is 24.2 Å². The number of hydrogen-bond donors (Lipinski definition) is 3. The number of ether oxygens (including phenoxy) is 2. The minimum atomic E-state index is -2.98. The van der Waals surface area contributed by atoms with Crippen LogP contribution < -0.4 is 16.0 Å². The molecule has 9 nitrogen and oxygen atoms in total. The standard InChI is InChI=1S/C18H34N4O5S/c1-2-19-18(20-8-4-10-26-13-16-5-3-11-27-16)21-9-6-17(23)22-15-7-12-28(24,25)14-15/h15-16H,2-14H2,1H3,(H,22,23)(H2,19,20,21). The highest BCUT2D eigenvalue weighted by Crippen LogP contribution is 2.12. The summed E-state index contributed by atoms with van der Waals surface area (Å²) in [5.74, 6) is 0.724. The Labute approximate surface area is 167 Å². The van der Waals surface area contributed by atoms with E-state index < -0.39 is 9.84 Å². The summed E-state index contributed by atoms with van der Waals surface area (Å²) >= 11 is 0.